The summed E-state index contributed by atoms with van der Waals surface area (Å²) in [7, 11) is 1.98. The van der Waals surface area contributed by atoms with Crippen LogP contribution in [0.2, 0.25) is 0 Å². The van der Waals surface area contributed by atoms with E-state index in [1.54, 1.807) is 0 Å². The average Bonchev–Trinajstić information content (AvgIpc) is 2.27. The van der Waals surface area contributed by atoms with Crippen LogP contribution in [0.5, 0.6) is 0 Å². The lowest BCUT2D eigenvalue weighted by atomic mass is 9.81. The van der Waals surface area contributed by atoms with E-state index in [1.165, 1.54) is 0 Å². The SMILES string of the molecule is CC(C)N(C)CC(=O)NCC1(C)CCNCC1.Cl.Cl. The molecule has 4 nitrogen and oxygen atoms in total. The Bertz CT molecular complexity index is 256. The van der Waals surface area contributed by atoms with E-state index >= 15 is 0 Å². The molecule has 0 spiro atoms. The summed E-state index contributed by atoms with van der Waals surface area (Å²) in [4.78, 5) is 13.8. The number of amides is 1. The fourth-order valence-electron chi connectivity index (χ4n) is 1.98. The van der Waals surface area contributed by atoms with Crippen LogP contribution >= 0.6 is 24.8 Å². The van der Waals surface area contributed by atoms with Crippen LogP contribution in [0.3, 0.4) is 0 Å². The Hall–Kier alpha value is -0.0300. The number of hydrogen-bond donors (Lipinski definition) is 2. The summed E-state index contributed by atoms with van der Waals surface area (Å²) in [6.45, 7) is 9.89. The molecule has 0 aromatic carbocycles. The van der Waals surface area contributed by atoms with Gasteiger partial charge in [-0.25, -0.2) is 0 Å². The molecule has 0 radical (unpaired) electrons. The van der Waals surface area contributed by atoms with Crippen LogP contribution in [0.25, 0.3) is 0 Å². The second kappa shape index (κ2) is 9.81. The highest BCUT2D eigenvalue weighted by Gasteiger charge is 2.27. The number of piperidine rings is 1. The van der Waals surface area contributed by atoms with Gasteiger partial charge in [-0.3, -0.25) is 9.69 Å². The van der Waals surface area contributed by atoms with Gasteiger partial charge in [0.25, 0.3) is 0 Å². The van der Waals surface area contributed by atoms with E-state index in [0.29, 0.717) is 12.6 Å². The summed E-state index contributed by atoms with van der Waals surface area (Å²) in [5.74, 6) is 0.140. The lowest BCUT2D eigenvalue weighted by Gasteiger charge is -2.34. The van der Waals surface area contributed by atoms with Crippen LogP contribution in [0.15, 0.2) is 0 Å². The van der Waals surface area contributed by atoms with Crippen molar-refractivity contribution < 1.29 is 4.79 Å². The van der Waals surface area contributed by atoms with Crippen molar-refractivity contribution >= 4 is 30.7 Å². The summed E-state index contributed by atoms with van der Waals surface area (Å²) in [5.41, 5.74) is 0.275. The molecule has 116 valence electrons. The molecule has 1 amide bonds. The molecule has 0 aliphatic carbocycles. The zero-order valence-electron chi connectivity index (χ0n) is 12.5. The largest absolute Gasteiger partial charge is 0.354 e. The van der Waals surface area contributed by atoms with Gasteiger partial charge in [0.2, 0.25) is 5.91 Å². The molecule has 1 fully saturated rings. The smallest absolute Gasteiger partial charge is 0.234 e. The molecule has 1 rings (SSSR count). The van der Waals surface area contributed by atoms with Gasteiger partial charge in [0.15, 0.2) is 0 Å². The molecule has 2 N–H and O–H groups in total. The molecule has 0 aromatic heterocycles. The van der Waals surface area contributed by atoms with Gasteiger partial charge in [0.05, 0.1) is 6.54 Å². The Labute approximate surface area is 129 Å². The molecule has 1 heterocycles. The number of rotatable bonds is 5. The summed E-state index contributed by atoms with van der Waals surface area (Å²) >= 11 is 0. The van der Waals surface area contributed by atoms with Gasteiger partial charge in [-0.1, -0.05) is 6.92 Å². The Morgan fingerprint density at radius 1 is 1.32 bits per heavy atom. The monoisotopic (exact) mass is 313 g/mol. The summed E-state index contributed by atoms with van der Waals surface area (Å²) in [6.07, 6.45) is 2.29. The first-order chi connectivity index (χ1) is 7.93. The zero-order valence-corrected chi connectivity index (χ0v) is 14.1. The van der Waals surface area contributed by atoms with Gasteiger partial charge in [-0.05, 0) is 52.2 Å². The van der Waals surface area contributed by atoms with Crippen molar-refractivity contribution in [2.75, 3.05) is 33.2 Å². The van der Waals surface area contributed by atoms with Crippen LogP contribution in [-0.4, -0.2) is 50.1 Å². The number of halogens is 2. The molecule has 0 saturated carbocycles. The fraction of sp³-hybridized carbons (Fsp3) is 0.923. The van der Waals surface area contributed by atoms with Gasteiger partial charge in [0, 0.05) is 12.6 Å². The van der Waals surface area contributed by atoms with Crippen LogP contribution in [-0.2, 0) is 4.79 Å². The summed E-state index contributed by atoms with van der Waals surface area (Å²) < 4.78 is 0. The molecule has 19 heavy (non-hydrogen) atoms. The molecular weight excluding hydrogens is 285 g/mol. The van der Waals surface area contributed by atoms with E-state index in [0.717, 1.165) is 32.5 Å². The molecule has 0 bridgehead atoms. The Balaban J connectivity index is 0. The van der Waals surface area contributed by atoms with Crippen LogP contribution in [0, 0.1) is 5.41 Å². The number of carbonyl (C=O) groups excluding carboxylic acids is 1. The van der Waals surface area contributed by atoms with Gasteiger partial charge < -0.3 is 10.6 Å². The number of nitrogens with zero attached hydrogens (tertiary/aromatic N) is 1. The molecule has 1 saturated heterocycles. The maximum absolute atomic E-state index is 11.8. The average molecular weight is 314 g/mol. The molecule has 0 unspecified atom stereocenters. The van der Waals surface area contributed by atoms with Crippen molar-refractivity contribution in [1.82, 2.24) is 15.5 Å². The van der Waals surface area contributed by atoms with Crippen molar-refractivity contribution in [3.05, 3.63) is 0 Å². The van der Waals surface area contributed by atoms with Gasteiger partial charge in [0.1, 0.15) is 0 Å². The fourth-order valence-corrected chi connectivity index (χ4v) is 1.98. The number of hydrogen-bond acceptors (Lipinski definition) is 3. The normalized spacial score (nSPS) is 17.6. The molecule has 6 heteroatoms. The van der Waals surface area contributed by atoms with Crippen LogP contribution in [0.4, 0.5) is 0 Å². The first kappa shape index (κ1) is 21.3. The third kappa shape index (κ3) is 7.98. The second-order valence-corrected chi connectivity index (χ2v) is 5.85. The van der Waals surface area contributed by atoms with Crippen LogP contribution in [0.1, 0.15) is 33.6 Å². The standard InChI is InChI=1S/C13H27N3O.2ClH/c1-11(2)16(4)9-12(17)15-10-13(3)5-7-14-8-6-13;;/h11,14H,5-10H2,1-4H3,(H,15,17);2*1H. The third-order valence-corrected chi connectivity index (χ3v) is 3.80. The lowest BCUT2D eigenvalue weighted by Crippen LogP contribution is -2.45. The molecular formula is C13H29Cl2N3O. The first-order valence-corrected chi connectivity index (χ1v) is 6.61. The van der Waals surface area contributed by atoms with Gasteiger partial charge in [-0.2, -0.15) is 0 Å². The first-order valence-electron chi connectivity index (χ1n) is 6.61. The lowest BCUT2D eigenvalue weighted by molar-refractivity contribution is -0.122. The van der Waals surface area contributed by atoms with E-state index in [1.807, 2.05) is 7.05 Å². The van der Waals surface area contributed by atoms with Crippen molar-refractivity contribution in [2.45, 2.75) is 39.7 Å². The molecule has 1 aliphatic heterocycles. The maximum atomic E-state index is 11.8. The number of likely N-dealkylation sites (N-methyl/N-ethyl adjacent to an activating group) is 1. The predicted molar refractivity (Wildman–Crippen MR) is 85.5 cm³/mol. The third-order valence-electron chi connectivity index (χ3n) is 3.80. The van der Waals surface area contributed by atoms with Crippen molar-refractivity contribution in [3.8, 4) is 0 Å². The number of nitrogens with one attached hydrogen (secondary N) is 2. The summed E-state index contributed by atoms with van der Waals surface area (Å²) in [5, 5.41) is 6.42. The van der Waals surface area contributed by atoms with E-state index in [2.05, 4.69) is 36.3 Å². The quantitative estimate of drug-likeness (QED) is 0.811. The van der Waals surface area contributed by atoms with E-state index in [4.69, 9.17) is 0 Å². The topological polar surface area (TPSA) is 44.4 Å². The van der Waals surface area contributed by atoms with E-state index in [9.17, 15) is 4.79 Å². The van der Waals surface area contributed by atoms with Crippen molar-refractivity contribution in [3.63, 3.8) is 0 Å². The van der Waals surface area contributed by atoms with E-state index in [-0.39, 0.29) is 36.1 Å². The maximum Gasteiger partial charge on any atom is 0.234 e. The van der Waals surface area contributed by atoms with Crippen LogP contribution < -0.4 is 10.6 Å². The Morgan fingerprint density at radius 3 is 2.32 bits per heavy atom. The minimum absolute atomic E-state index is 0. The minimum Gasteiger partial charge on any atom is -0.354 e. The van der Waals surface area contributed by atoms with Crippen molar-refractivity contribution in [1.29, 1.82) is 0 Å². The van der Waals surface area contributed by atoms with Crippen molar-refractivity contribution in [2.24, 2.45) is 5.41 Å². The number of carbonyl (C=O) groups is 1. The van der Waals surface area contributed by atoms with Gasteiger partial charge >= 0.3 is 0 Å². The highest BCUT2D eigenvalue weighted by atomic mass is 35.5. The van der Waals surface area contributed by atoms with Gasteiger partial charge in [-0.15, -0.1) is 24.8 Å². The zero-order chi connectivity index (χ0) is 12.9. The summed E-state index contributed by atoms with van der Waals surface area (Å²) in [6, 6.07) is 0.412. The highest BCUT2D eigenvalue weighted by molar-refractivity contribution is 5.85. The molecule has 0 aromatic rings. The predicted octanol–water partition coefficient (Wildman–Crippen LogP) is 1.68. The highest BCUT2D eigenvalue weighted by Crippen LogP contribution is 2.26. The Kier molecular flexibility index (Phi) is 11.0. The molecule has 1 aliphatic rings. The minimum atomic E-state index is 0. The Morgan fingerprint density at radius 2 is 1.84 bits per heavy atom. The van der Waals surface area contributed by atoms with E-state index < -0.39 is 0 Å². The molecule has 0 atom stereocenters. The second-order valence-electron chi connectivity index (χ2n) is 5.85.